The monoisotopic (exact) mass is 450 g/mol. The molecule has 1 heterocycles. The third-order valence-electron chi connectivity index (χ3n) is 7.38. The van der Waals surface area contributed by atoms with Crippen molar-refractivity contribution in [3.8, 4) is 17.2 Å². The Balaban J connectivity index is 1.69. The van der Waals surface area contributed by atoms with E-state index in [1.54, 1.807) is 31.4 Å². The molecule has 1 saturated carbocycles. The fourth-order valence-corrected chi connectivity index (χ4v) is 5.97. The van der Waals surface area contributed by atoms with Crippen molar-refractivity contribution in [3.05, 3.63) is 57.9 Å². The minimum Gasteiger partial charge on any atom is -0.382 e. The summed E-state index contributed by atoms with van der Waals surface area (Å²) in [6.07, 6.45) is 4.48. The van der Waals surface area contributed by atoms with Gasteiger partial charge in [-0.05, 0) is 80.5 Å². The van der Waals surface area contributed by atoms with Crippen LogP contribution in [-0.2, 0) is 16.8 Å². The van der Waals surface area contributed by atoms with Gasteiger partial charge in [0.1, 0.15) is 11.7 Å². The molecule has 0 amide bonds. The maximum atomic E-state index is 15.4. The number of fused-ring (bicyclic) bond motifs is 3. The second-order valence-electron chi connectivity index (χ2n) is 9.09. The normalized spacial score (nSPS) is 28.5. The number of nitriles is 1. The molecule has 2 aromatic rings. The van der Waals surface area contributed by atoms with Crippen LogP contribution in [0.1, 0.15) is 49.3 Å². The molecule has 164 valence electrons. The first-order valence-corrected chi connectivity index (χ1v) is 11.2. The number of nitrogens with zero attached hydrogens (tertiary/aromatic N) is 3. The highest BCUT2D eigenvalue weighted by Crippen LogP contribution is 2.62. The van der Waals surface area contributed by atoms with Crippen molar-refractivity contribution in [3.63, 3.8) is 0 Å². The van der Waals surface area contributed by atoms with Crippen molar-refractivity contribution in [1.82, 2.24) is 0 Å². The van der Waals surface area contributed by atoms with Crippen LogP contribution in [0.25, 0.3) is 11.1 Å². The fourth-order valence-electron chi connectivity index (χ4n) is 5.73. The predicted molar refractivity (Wildman–Crippen MR) is 123 cm³/mol. The summed E-state index contributed by atoms with van der Waals surface area (Å²) in [7, 11) is 1.75. The number of rotatable bonds is 2. The van der Waals surface area contributed by atoms with Crippen molar-refractivity contribution >= 4 is 23.1 Å². The SMILES string of the molecule is COC1CCC2(CC1)Cc1cc(F)c(-c3cc(Cl)cc(C#N)c3)cc1[C@]21N=C(C)C(N)=N1. The lowest BCUT2D eigenvalue weighted by atomic mass is 9.65. The topological polar surface area (TPSA) is 83.8 Å². The number of nitrogens with two attached hydrogens (primary N) is 1. The molecule has 5 nitrogen and oxygen atoms in total. The zero-order valence-corrected chi connectivity index (χ0v) is 18.8. The van der Waals surface area contributed by atoms with Crippen LogP contribution in [-0.4, -0.2) is 24.8 Å². The Morgan fingerprint density at radius 2 is 1.94 bits per heavy atom. The van der Waals surface area contributed by atoms with Crippen LogP contribution in [0.3, 0.4) is 0 Å². The molecule has 3 aliphatic rings. The van der Waals surface area contributed by atoms with Gasteiger partial charge in [0, 0.05) is 28.7 Å². The van der Waals surface area contributed by atoms with Crippen molar-refractivity contribution in [2.75, 3.05) is 7.11 Å². The number of halogens is 2. The quantitative estimate of drug-likeness (QED) is 0.688. The second-order valence-corrected chi connectivity index (χ2v) is 9.52. The van der Waals surface area contributed by atoms with Crippen molar-refractivity contribution in [2.24, 2.45) is 21.1 Å². The van der Waals surface area contributed by atoms with E-state index >= 15 is 4.39 Å². The highest BCUT2D eigenvalue weighted by Gasteiger charge is 2.61. The molecular weight excluding hydrogens is 427 g/mol. The lowest BCUT2D eigenvalue weighted by Crippen LogP contribution is -2.43. The zero-order chi connectivity index (χ0) is 22.7. The van der Waals surface area contributed by atoms with Crippen molar-refractivity contribution < 1.29 is 9.13 Å². The van der Waals surface area contributed by atoms with Gasteiger partial charge < -0.3 is 10.5 Å². The van der Waals surface area contributed by atoms with E-state index in [4.69, 9.17) is 32.1 Å². The predicted octanol–water partition coefficient (Wildman–Crippen LogP) is 5.13. The number of aliphatic imine (C=N–C) groups is 2. The molecule has 0 unspecified atom stereocenters. The van der Waals surface area contributed by atoms with Gasteiger partial charge in [0.15, 0.2) is 5.66 Å². The zero-order valence-electron chi connectivity index (χ0n) is 18.1. The van der Waals surface area contributed by atoms with Gasteiger partial charge in [-0.3, -0.25) is 4.99 Å². The first kappa shape index (κ1) is 21.1. The Morgan fingerprint density at radius 3 is 2.56 bits per heavy atom. The number of ether oxygens (including phenoxy) is 1. The molecule has 0 aromatic heterocycles. The van der Waals surface area contributed by atoms with Crippen LogP contribution in [0.15, 0.2) is 40.3 Å². The molecule has 1 fully saturated rings. The molecule has 5 rings (SSSR count). The van der Waals surface area contributed by atoms with E-state index in [1.165, 1.54) is 0 Å². The van der Waals surface area contributed by atoms with Gasteiger partial charge in [-0.25, -0.2) is 9.38 Å². The van der Waals surface area contributed by atoms with Crippen LogP contribution < -0.4 is 5.73 Å². The first-order valence-electron chi connectivity index (χ1n) is 10.8. The summed E-state index contributed by atoms with van der Waals surface area (Å²) in [5.74, 6) is 0.0924. The molecule has 2 spiro atoms. The maximum Gasteiger partial charge on any atom is 0.184 e. The molecule has 0 saturated heterocycles. The molecule has 1 aliphatic heterocycles. The van der Waals surface area contributed by atoms with Gasteiger partial charge in [0.05, 0.1) is 23.4 Å². The van der Waals surface area contributed by atoms with Gasteiger partial charge in [0.25, 0.3) is 0 Å². The van der Waals surface area contributed by atoms with Gasteiger partial charge in [-0.1, -0.05) is 11.6 Å². The molecule has 0 bridgehead atoms. The molecule has 1 atom stereocenters. The molecule has 7 heteroatoms. The number of amidine groups is 1. The second kappa shape index (κ2) is 7.40. The summed E-state index contributed by atoms with van der Waals surface area (Å²) in [6.45, 7) is 1.88. The Kier molecular flexibility index (Phi) is 4.88. The highest BCUT2D eigenvalue weighted by molar-refractivity contribution is 6.41. The van der Waals surface area contributed by atoms with Gasteiger partial charge in [-0.2, -0.15) is 5.26 Å². The highest BCUT2D eigenvalue weighted by atomic mass is 35.5. The van der Waals surface area contributed by atoms with Crippen LogP contribution >= 0.6 is 11.6 Å². The number of methoxy groups -OCH3 is 1. The largest absolute Gasteiger partial charge is 0.382 e. The average molecular weight is 451 g/mol. The lowest BCUT2D eigenvalue weighted by Gasteiger charge is -2.44. The molecule has 2 aliphatic carbocycles. The third-order valence-corrected chi connectivity index (χ3v) is 7.60. The minimum atomic E-state index is -0.853. The Hall–Kier alpha value is -2.75. The van der Waals surface area contributed by atoms with E-state index in [2.05, 4.69) is 6.07 Å². The van der Waals surface area contributed by atoms with E-state index in [1.807, 2.05) is 13.0 Å². The standard InChI is InChI=1S/C25H24ClFN4O/c1-14-23(29)31-25(30-14)21-11-20(16-7-15(13-28)8-18(26)9-16)22(27)10-17(21)12-24(25)5-3-19(32-2)4-6-24/h7-11,19H,3-6,12H2,1-2H3,(H2,29,31)/t19?,24?,25-/m1/s1. The molecular formula is C25H24ClFN4O. The maximum absolute atomic E-state index is 15.4. The lowest BCUT2D eigenvalue weighted by molar-refractivity contribution is -0.000374. The van der Waals surface area contributed by atoms with Crippen molar-refractivity contribution in [2.45, 2.75) is 50.8 Å². The van der Waals surface area contributed by atoms with E-state index < -0.39 is 5.66 Å². The van der Waals surface area contributed by atoms with E-state index in [9.17, 15) is 5.26 Å². The van der Waals surface area contributed by atoms with Gasteiger partial charge in [0.2, 0.25) is 0 Å². The number of hydrogen-bond acceptors (Lipinski definition) is 5. The summed E-state index contributed by atoms with van der Waals surface area (Å²) >= 11 is 6.21. The molecule has 2 aromatic carbocycles. The summed E-state index contributed by atoms with van der Waals surface area (Å²) in [5.41, 5.74) is 8.98. The summed E-state index contributed by atoms with van der Waals surface area (Å²) in [6, 6.07) is 10.4. The number of benzene rings is 2. The van der Waals surface area contributed by atoms with Crippen molar-refractivity contribution in [1.29, 1.82) is 5.26 Å². The average Bonchev–Trinajstić information content (AvgIpc) is 3.20. The van der Waals surface area contributed by atoms with Crippen LogP contribution in [0.4, 0.5) is 4.39 Å². The first-order chi connectivity index (χ1) is 15.3. The van der Waals surface area contributed by atoms with Crippen LogP contribution in [0, 0.1) is 22.6 Å². The fraction of sp³-hybridized carbons (Fsp3) is 0.400. The Labute approximate surface area is 191 Å². The van der Waals surface area contributed by atoms with E-state index in [0.717, 1.165) is 36.8 Å². The summed E-state index contributed by atoms with van der Waals surface area (Å²) in [4.78, 5) is 9.97. The van der Waals surface area contributed by atoms with Crippen LogP contribution in [0.2, 0.25) is 5.02 Å². The van der Waals surface area contributed by atoms with Crippen LogP contribution in [0.5, 0.6) is 0 Å². The Morgan fingerprint density at radius 1 is 1.19 bits per heavy atom. The summed E-state index contributed by atoms with van der Waals surface area (Å²) < 4.78 is 21.0. The Bertz CT molecular complexity index is 1200. The van der Waals surface area contributed by atoms with Gasteiger partial charge in [-0.15, -0.1) is 0 Å². The molecule has 32 heavy (non-hydrogen) atoms. The van der Waals surface area contributed by atoms with E-state index in [0.29, 0.717) is 39.7 Å². The van der Waals surface area contributed by atoms with E-state index in [-0.39, 0.29) is 17.3 Å². The smallest absolute Gasteiger partial charge is 0.184 e. The molecule has 0 radical (unpaired) electrons. The van der Waals surface area contributed by atoms with Gasteiger partial charge >= 0.3 is 0 Å². The third kappa shape index (κ3) is 2.99. The number of hydrogen-bond donors (Lipinski definition) is 1. The minimum absolute atomic E-state index is 0.220. The molecule has 2 N–H and O–H groups in total. The summed E-state index contributed by atoms with van der Waals surface area (Å²) in [5, 5.41) is 9.72.